The molecule has 0 fully saturated rings. The van der Waals surface area contributed by atoms with Gasteiger partial charge in [0, 0.05) is 62.1 Å². The van der Waals surface area contributed by atoms with Crippen LogP contribution in [0.15, 0.2) is 41.5 Å². The van der Waals surface area contributed by atoms with Crippen molar-refractivity contribution in [1.29, 1.82) is 0 Å². The Morgan fingerprint density at radius 1 is 0.905 bits per heavy atom. The standard InChI is InChI=1S/C8H9N.C8H10O.2ClH.V/c2*1-6-4-3-5-7(2)8(6)9;;;/h3-5H,1-2H3;3-5,9H,1-2H3;2*1H;/p-3. The van der Waals surface area contributed by atoms with Crippen molar-refractivity contribution in [3.63, 3.8) is 0 Å². The van der Waals surface area contributed by atoms with E-state index in [9.17, 15) is 10.5 Å². The van der Waals surface area contributed by atoms with Crippen LogP contribution in [0.4, 0.5) is 0 Å². The smallest absolute Gasteiger partial charge is 0.0492 e. The van der Waals surface area contributed by atoms with Crippen molar-refractivity contribution in [2.75, 3.05) is 0 Å². The van der Waals surface area contributed by atoms with Gasteiger partial charge in [0.15, 0.2) is 0 Å². The molecule has 0 saturated carbocycles. The number of hydrogen-bond donors (Lipinski definition) is 0. The summed E-state index contributed by atoms with van der Waals surface area (Å²) in [5.41, 5.74) is 3.95. The van der Waals surface area contributed by atoms with Crippen molar-refractivity contribution < 1.29 is 48.5 Å². The van der Waals surface area contributed by atoms with E-state index in [1.54, 1.807) is 0 Å². The summed E-state index contributed by atoms with van der Waals surface area (Å²) < 4.78 is 0. The normalized spacial score (nSPS) is 11.9. The maximum absolute atomic E-state index is 11.0. The maximum atomic E-state index is 11.0. The van der Waals surface area contributed by atoms with Gasteiger partial charge in [0.25, 0.3) is 0 Å². The molecule has 0 amide bonds. The van der Waals surface area contributed by atoms with E-state index in [1.807, 2.05) is 64.5 Å². The molecule has 2 rings (SSSR count). The predicted molar refractivity (Wildman–Crippen MR) is 75.5 cm³/mol. The average Bonchev–Trinajstić information content (AvgIpc) is 2.34. The third-order valence-corrected chi connectivity index (χ3v) is 2.85. The predicted octanol–water partition coefficient (Wildman–Crippen LogP) is -2.51. The van der Waals surface area contributed by atoms with Crippen LogP contribution in [0.2, 0.25) is 0 Å². The number of allylic oxidation sites excluding steroid dienone is 4. The van der Waals surface area contributed by atoms with Crippen molar-refractivity contribution in [2.45, 2.75) is 27.7 Å². The van der Waals surface area contributed by atoms with Gasteiger partial charge in [0.2, 0.25) is 0 Å². The zero-order chi connectivity index (χ0) is 13.7. The molecule has 0 atom stereocenters. The summed E-state index contributed by atoms with van der Waals surface area (Å²) >= 11 is 0. The first kappa shape index (κ1) is 25.2. The molecule has 0 bridgehead atoms. The molecule has 2 nitrogen and oxygen atoms in total. The first-order valence-electron chi connectivity index (χ1n) is 5.92. The van der Waals surface area contributed by atoms with Crippen LogP contribution < -0.4 is 29.9 Å². The molecule has 5 heteroatoms. The van der Waals surface area contributed by atoms with Crippen LogP contribution in [-0.2, 0) is 18.6 Å². The van der Waals surface area contributed by atoms with E-state index in [0.717, 1.165) is 22.3 Å². The number of para-hydroxylation sites is 1. The summed E-state index contributed by atoms with van der Waals surface area (Å²) in [5, 5.41) is 20.2. The van der Waals surface area contributed by atoms with Crippen LogP contribution in [0.25, 0.3) is 5.41 Å². The largest absolute Gasteiger partial charge is 1.00 e. The number of halogens is 2. The van der Waals surface area contributed by atoms with Crippen LogP contribution in [-0.4, -0.2) is 5.71 Å². The second kappa shape index (κ2) is 11.8. The zero-order valence-corrected chi connectivity index (χ0v) is 15.4. The van der Waals surface area contributed by atoms with E-state index in [1.165, 1.54) is 0 Å². The number of hydrogen-bond acceptors (Lipinski definition) is 1. The number of nitrogens with zero attached hydrogens (tertiary/aromatic N) is 1. The molecule has 0 unspecified atom stereocenters. The Morgan fingerprint density at radius 2 is 1.29 bits per heavy atom. The Bertz CT molecular complexity index is 485. The molecule has 0 saturated heterocycles. The topological polar surface area (TPSA) is 45.4 Å². The Kier molecular flexibility index (Phi) is 14.2. The molecule has 1 aliphatic rings. The van der Waals surface area contributed by atoms with Crippen molar-refractivity contribution in [3.05, 3.63) is 64.5 Å². The minimum atomic E-state index is 0. The van der Waals surface area contributed by atoms with Gasteiger partial charge >= 0.3 is 0 Å². The van der Waals surface area contributed by atoms with Crippen LogP contribution in [0.3, 0.4) is 0 Å². The molecule has 1 aromatic rings. The van der Waals surface area contributed by atoms with Crippen LogP contribution >= 0.6 is 0 Å². The Hall–Kier alpha value is -0.796. The third-order valence-electron chi connectivity index (χ3n) is 2.85. The number of rotatable bonds is 0. The van der Waals surface area contributed by atoms with E-state index >= 15 is 0 Å². The second-order valence-corrected chi connectivity index (χ2v) is 4.46. The van der Waals surface area contributed by atoms with E-state index in [-0.39, 0.29) is 49.1 Å². The van der Waals surface area contributed by atoms with Gasteiger partial charge in [0.05, 0.1) is 0 Å². The van der Waals surface area contributed by atoms with Crippen LogP contribution in [0, 0.1) is 20.3 Å². The second-order valence-electron chi connectivity index (χ2n) is 4.46. The third kappa shape index (κ3) is 7.68. The summed E-state index contributed by atoms with van der Waals surface area (Å²) in [5.74, 6) is 0.164. The Morgan fingerprint density at radius 3 is 1.57 bits per heavy atom. The van der Waals surface area contributed by atoms with Crippen LogP contribution in [0.5, 0.6) is 5.75 Å². The van der Waals surface area contributed by atoms with Crippen molar-refractivity contribution in [1.82, 2.24) is 0 Å². The molecule has 0 aliphatic heterocycles. The monoisotopic (exact) mass is 361 g/mol. The minimum Gasteiger partial charge on any atom is -1.00 e. The van der Waals surface area contributed by atoms with Gasteiger partial charge < -0.3 is 35.3 Å². The van der Waals surface area contributed by atoms with E-state index in [4.69, 9.17) is 0 Å². The first-order valence-corrected chi connectivity index (χ1v) is 5.92. The summed E-state index contributed by atoms with van der Waals surface area (Å²) in [6.07, 6.45) is 5.72. The average molecular weight is 362 g/mol. The molecule has 0 N–H and O–H groups in total. The fourth-order valence-electron chi connectivity index (χ4n) is 1.60. The van der Waals surface area contributed by atoms with Gasteiger partial charge in [-0.1, -0.05) is 29.3 Å². The van der Waals surface area contributed by atoms with Crippen LogP contribution in [0.1, 0.15) is 25.0 Å². The molecule has 0 spiro atoms. The van der Waals surface area contributed by atoms with Crippen molar-refractivity contribution in [3.8, 4) is 5.75 Å². The molecule has 21 heavy (non-hydrogen) atoms. The first-order chi connectivity index (χ1) is 8.43. The zero-order valence-electron chi connectivity index (χ0n) is 12.5. The van der Waals surface area contributed by atoms with Crippen molar-refractivity contribution in [2.24, 2.45) is 0 Å². The maximum Gasteiger partial charge on any atom is 0.0492 e. The fraction of sp³-hybridized carbons (Fsp3) is 0.250. The van der Waals surface area contributed by atoms with Gasteiger partial charge in [-0.3, -0.25) is 0 Å². The Balaban J connectivity index is -0.000000270. The molecular formula is C16H18Cl2NOV-3. The fourth-order valence-corrected chi connectivity index (χ4v) is 1.60. The molecular weight excluding hydrogens is 344 g/mol. The summed E-state index contributed by atoms with van der Waals surface area (Å²) in [6, 6.07) is 5.55. The molecule has 115 valence electrons. The molecule has 1 radical (unpaired) electrons. The van der Waals surface area contributed by atoms with Crippen molar-refractivity contribution >= 4 is 5.71 Å². The molecule has 1 aromatic carbocycles. The Labute approximate surface area is 151 Å². The number of benzene rings is 1. The van der Waals surface area contributed by atoms with Gasteiger partial charge in [-0.2, -0.15) is 0 Å². The molecule has 0 heterocycles. The van der Waals surface area contributed by atoms with Gasteiger partial charge in [-0.25, -0.2) is 0 Å². The summed E-state index contributed by atoms with van der Waals surface area (Å²) in [6.45, 7) is 7.44. The summed E-state index contributed by atoms with van der Waals surface area (Å²) in [4.78, 5) is 0. The summed E-state index contributed by atoms with van der Waals surface area (Å²) in [7, 11) is 0. The van der Waals surface area contributed by atoms with E-state index in [0.29, 0.717) is 5.71 Å². The van der Waals surface area contributed by atoms with E-state index in [2.05, 4.69) is 0 Å². The number of aryl methyl sites for hydroxylation is 2. The quantitative estimate of drug-likeness (QED) is 0.471. The van der Waals surface area contributed by atoms with Gasteiger partial charge in [-0.05, 0) is 19.6 Å². The van der Waals surface area contributed by atoms with Gasteiger partial charge in [-0.15, -0.1) is 5.75 Å². The van der Waals surface area contributed by atoms with E-state index < -0.39 is 0 Å². The SMILES string of the molecule is CC1=C[CH+]C=C(C)C1=[N-].Cc1cccc(C)c1[O-].[Cl-].[Cl-].[V]. The molecule has 0 aromatic heterocycles. The van der Waals surface area contributed by atoms with Gasteiger partial charge in [0.1, 0.15) is 0 Å². The molecule has 1 aliphatic carbocycles. The minimum absolute atomic E-state index is 0.